The number of hydrogen-bond acceptors (Lipinski definition) is 3. The Morgan fingerprint density at radius 3 is 1.36 bits per heavy atom. The molecule has 3 aromatic rings. The molecule has 5 nitrogen and oxygen atoms in total. The van der Waals surface area contributed by atoms with Crippen LogP contribution in [0.25, 0.3) is 0 Å². The first-order chi connectivity index (χ1) is 13.5. The fourth-order valence-corrected chi connectivity index (χ4v) is 3.37. The Bertz CT molecular complexity index is 871. The van der Waals surface area contributed by atoms with Crippen molar-refractivity contribution in [2.75, 3.05) is 0 Å². The molecule has 0 saturated heterocycles. The summed E-state index contributed by atoms with van der Waals surface area (Å²) in [5, 5.41) is 20.3. The summed E-state index contributed by atoms with van der Waals surface area (Å²) in [6, 6.07) is 26.7. The van der Waals surface area contributed by atoms with E-state index in [1.165, 1.54) is 4.90 Å². The lowest BCUT2D eigenvalue weighted by molar-refractivity contribution is -0.170. The summed E-state index contributed by atoms with van der Waals surface area (Å²) in [5.74, 6) is -2.84. The molecule has 0 atom stereocenters. The summed E-state index contributed by atoms with van der Waals surface area (Å²) in [6.07, 6.45) is 0. The molecule has 0 aliphatic heterocycles. The van der Waals surface area contributed by atoms with Gasteiger partial charge in [-0.1, -0.05) is 91.0 Å². The van der Waals surface area contributed by atoms with Crippen molar-refractivity contribution < 1.29 is 19.8 Å². The van der Waals surface area contributed by atoms with Crippen LogP contribution in [0.2, 0.25) is 0 Å². The number of carboxylic acid groups (broad SMARTS) is 2. The number of nitrogens with zero attached hydrogens (tertiary/aromatic N) is 1. The monoisotopic (exact) mass is 375 g/mol. The van der Waals surface area contributed by atoms with Crippen molar-refractivity contribution in [3.05, 3.63) is 108 Å². The fourth-order valence-electron chi connectivity index (χ4n) is 3.37. The molecular formula is C23H21NO4. The van der Waals surface area contributed by atoms with Gasteiger partial charge < -0.3 is 10.2 Å². The average Bonchev–Trinajstić information content (AvgIpc) is 2.70. The first-order valence-corrected chi connectivity index (χ1v) is 8.90. The van der Waals surface area contributed by atoms with Gasteiger partial charge in [-0.3, -0.25) is 4.90 Å². The highest BCUT2D eigenvalue weighted by Crippen LogP contribution is 2.33. The molecule has 3 rings (SSSR count). The lowest BCUT2D eigenvalue weighted by Gasteiger charge is -2.38. The molecule has 0 radical (unpaired) electrons. The van der Waals surface area contributed by atoms with E-state index in [1.807, 2.05) is 60.7 Å². The zero-order chi connectivity index (χ0) is 20.0. The number of rotatable bonds is 8. The molecule has 0 aliphatic rings. The zero-order valence-corrected chi connectivity index (χ0v) is 15.2. The minimum absolute atomic E-state index is 0.170. The van der Waals surface area contributed by atoms with Crippen LogP contribution in [0.1, 0.15) is 16.7 Å². The Kier molecular flexibility index (Phi) is 5.87. The van der Waals surface area contributed by atoms with Gasteiger partial charge in [0.1, 0.15) is 0 Å². The van der Waals surface area contributed by atoms with Crippen molar-refractivity contribution in [3.8, 4) is 0 Å². The van der Waals surface area contributed by atoms with Gasteiger partial charge in [0.05, 0.1) is 0 Å². The van der Waals surface area contributed by atoms with Crippen molar-refractivity contribution in [3.63, 3.8) is 0 Å². The van der Waals surface area contributed by atoms with Gasteiger partial charge in [0.15, 0.2) is 0 Å². The van der Waals surface area contributed by atoms with Crippen LogP contribution >= 0.6 is 0 Å². The number of benzene rings is 3. The molecular weight excluding hydrogens is 354 g/mol. The molecule has 0 aromatic heterocycles. The molecule has 3 aromatic carbocycles. The summed E-state index contributed by atoms with van der Waals surface area (Å²) in [5.41, 5.74) is -0.336. The third kappa shape index (κ3) is 3.80. The predicted molar refractivity (Wildman–Crippen MR) is 106 cm³/mol. The Hall–Kier alpha value is -3.44. The Labute approximate surface area is 163 Å². The van der Waals surface area contributed by atoms with Crippen LogP contribution < -0.4 is 0 Å². The maximum atomic E-state index is 12.5. The summed E-state index contributed by atoms with van der Waals surface area (Å²) in [4.78, 5) is 26.4. The van der Waals surface area contributed by atoms with E-state index in [4.69, 9.17) is 0 Å². The smallest absolute Gasteiger partial charge is 0.340 e. The topological polar surface area (TPSA) is 77.8 Å². The van der Waals surface area contributed by atoms with Crippen LogP contribution in [0.15, 0.2) is 91.0 Å². The Morgan fingerprint density at radius 1 is 0.643 bits per heavy atom. The fraction of sp³-hybridized carbons (Fsp3) is 0.130. The molecule has 0 aliphatic carbocycles. The number of hydrogen-bond donors (Lipinski definition) is 2. The molecule has 0 heterocycles. The molecule has 2 N–H and O–H groups in total. The molecule has 142 valence electrons. The summed E-state index contributed by atoms with van der Waals surface area (Å²) < 4.78 is 0. The second-order valence-corrected chi connectivity index (χ2v) is 6.51. The van der Waals surface area contributed by atoms with Crippen LogP contribution in [0.3, 0.4) is 0 Å². The van der Waals surface area contributed by atoms with Gasteiger partial charge in [0.2, 0.25) is 5.54 Å². The number of carbonyl (C=O) groups is 2. The van der Waals surface area contributed by atoms with Gasteiger partial charge in [-0.05, 0) is 16.7 Å². The lowest BCUT2D eigenvalue weighted by atomic mass is 9.86. The molecule has 0 fully saturated rings. The highest BCUT2D eigenvalue weighted by atomic mass is 16.4. The molecule has 0 amide bonds. The summed E-state index contributed by atoms with van der Waals surface area (Å²) in [7, 11) is 0. The molecule has 28 heavy (non-hydrogen) atoms. The first kappa shape index (κ1) is 19.3. The van der Waals surface area contributed by atoms with E-state index in [9.17, 15) is 19.8 Å². The first-order valence-electron chi connectivity index (χ1n) is 8.90. The van der Waals surface area contributed by atoms with E-state index in [-0.39, 0.29) is 18.7 Å². The molecule has 0 bridgehead atoms. The average molecular weight is 375 g/mol. The van der Waals surface area contributed by atoms with Gasteiger partial charge in [-0.2, -0.15) is 0 Å². The third-order valence-corrected chi connectivity index (χ3v) is 4.72. The third-order valence-electron chi connectivity index (χ3n) is 4.72. The van der Waals surface area contributed by atoms with Gasteiger partial charge in [-0.25, -0.2) is 9.59 Å². The van der Waals surface area contributed by atoms with Gasteiger partial charge >= 0.3 is 11.9 Å². The van der Waals surface area contributed by atoms with Crippen LogP contribution in [-0.4, -0.2) is 27.1 Å². The predicted octanol–water partition coefficient (Wildman–Crippen LogP) is 3.75. The van der Waals surface area contributed by atoms with Crippen LogP contribution in [0.5, 0.6) is 0 Å². The SMILES string of the molecule is O=C(O)C(C(=O)O)(c1ccccc1)N(Cc1ccccc1)Cc1ccccc1. The van der Waals surface area contributed by atoms with E-state index in [0.717, 1.165) is 11.1 Å². The van der Waals surface area contributed by atoms with E-state index < -0.39 is 17.5 Å². The largest absolute Gasteiger partial charge is 0.479 e. The van der Waals surface area contributed by atoms with Crippen molar-refractivity contribution in [1.29, 1.82) is 0 Å². The molecule has 0 unspecified atom stereocenters. The molecule has 0 spiro atoms. The Balaban J connectivity index is 2.15. The van der Waals surface area contributed by atoms with Gasteiger partial charge in [0, 0.05) is 13.1 Å². The minimum atomic E-state index is -2.22. The molecule has 5 heteroatoms. The number of carboxylic acids is 2. The van der Waals surface area contributed by atoms with Gasteiger partial charge in [0.25, 0.3) is 0 Å². The van der Waals surface area contributed by atoms with Crippen LogP contribution in [0.4, 0.5) is 0 Å². The van der Waals surface area contributed by atoms with Crippen molar-refractivity contribution in [2.45, 2.75) is 18.6 Å². The minimum Gasteiger partial charge on any atom is -0.479 e. The second-order valence-electron chi connectivity index (χ2n) is 6.51. The van der Waals surface area contributed by atoms with Crippen molar-refractivity contribution in [2.24, 2.45) is 0 Å². The van der Waals surface area contributed by atoms with Gasteiger partial charge in [-0.15, -0.1) is 0 Å². The summed E-state index contributed by atoms with van der Waals surface area (Å²) >= 11 is 0. The summed E-state index contributed by atoms with van der Waals surface area (Å²) in [6.45, 7) is 0.340. The van der Waals surface area contributed by atoms with E-state index >= 15 is 0 Å². The van der Waals surface area contributed by atoms with Crippen molar-refractivity contribution in [1.82, 2.24) is 4.90 Å². The second kappa shape index (κ2) is 8.50. The van der Waals surface area contributed by atoms with Crippen LogP contribution in [0, 0.1) is 0 Å². The zero-order valence-electron chi connectivity index (χ0n) is 15.2. The lowest BCUT2D eigenvalue weighted by Crippen LogP contribution is -2.56. The highest BCUT2D eigenvalue weighted by Gasteiger charge is 2.53. The maximum absolute atomic E-state index is 12.5. The number of aliphatic carboxylic acids is 2. The highest BCUT2D eigenvalue weighted by molar-refractivity contribution is 6.04. The van der Waals surface area contributed by atoms with E-state index in [1.54, 1.807) is 30.3 Å². The van der Waals surface area contributed by atoms with Crippen LogP contribution in [-0.2, 0) is 28.2 Å². The Morgan fingerprint density at radius 2 is 1.00 bits per heavy atom. The van der Waals surface area contributed by atoms with E-state index in [0.29, 0.717) is 0 Å². The normalized spacial score (nSPS) is 11.3. The molecule has 0 saturated carbocycles. The maximum Gasteiger partial charge on any atom is 0.340 e. The van der Waals surface area contributed by atoms with E-state index in [2.05, 4.69) is 0 Å². The quantitative estimate of drug-likeness (QED) is 0.586. The van der Waals surface area contributed by atoms with Crippen molar-refractivity contribution >= 4 is 11.9 Å². The standard InChI is InChI=1S/C23H21NO4/c25-21(26)23(22(27)28,20-14-8-3-9-15-20)24(16-18-10-4-1-5-11-18)17-19-12-6-2-7-13-19/h1-15H,16-17H2,(H,25,26)(H,27,28).